The van der Waals surface area contributed by atoms with Crippen LogP contribution in [-0.4, -0.2) is 43.4 Å². The second-order valence-electron chi connectivity index (χ2n) is 4.82. The van der Waals surface area contributed by atoms with Gasteiger partial charge in [0.2, 0.25) is 0 Å². The lowest BCUT2D eigenvalue weighted by molar-refractivity contribution is 0.163. The van der Waals surface area contributed by atoms with Gasteiger partial charge in [0.25, 0.3) is 0 Å². The first-order chi connectivity index (χ1) is 9.81. The molecule has 1 heterocycles. The highest BCUT2D eigenvalue weighted by molar-refractivity contribution is 7.98. The molecule has 2 N–H and O–H groups in total. The molecule has 0 saturated carbocycles. The summed E-state index contributed by atoms with van der Waals surface area (Å²) in [6.07, 6.45) is 3.98. The van der Waals surface area contributed by atoms with Crippen molar-refractivity contribution in [3.63, 3.8) is 0 Å². The van der Waals surface area contributed by atoms with Crippen LogP contribution in [-0.2, 0) is 0 Å². The highest BCUT2D eigenvalue weighted by atomic mass is 32.2. The lowest BCUT2D eigenvalue weighted by Gasteiger charge is -2.20. The van der Waals surface area contributed by atoms with Gasteiger partial charge in [-0.3, -0.25) is 0 Å². The van der Waals surface area contributed by atoms with Gasteiger partial charge in [-0.05, 0) is 49.1 Å². The van der Waals surface area contributed by atoms with Crippen LogP contribution in [0.4, 0.5) is 0 Å². The number of nitrogens with one attached hydrogen (secondary N) is 1. The van der Waals surface area contributed by atoms with E-state index in [2.05, 4.69) is 11.6 Å². The molecule has 112 valence electrons. The van der Waals surface area contributed by atoms with E-state index >= 15 is 0 Å². The van der Waals surface area contributed by atoms with E-state index in [1.807, 2.05) is 30.0 Å². The number of thioether (sulfide) groups is 1. The van der Waals surface area contributed by atoms with Gasteiger partial charge in [-0.2, -0.15) is 11.8 Å². The first-order valence-corrected chi connectivity index (χ1v) is 8.48. The molecular formula is C15H23NO3S. The number of ether oxygens (including phenoxy) is 2. The Morgan fingerprint density at radius 2 is 2.05 bits per heavy atom. The Kier molecular flexibility index (Phi) is 6.50. The van der Waals surface area contributed by atoms with Crippen LogP contribution >= 0.6 is 11.8 Å². The summed E-state index contributed by atoms with van der Waals surface area (Å²) < 4.78 is 11.0. The maximum atomic E-state index is 10.2. The van der Waals surface area contributed by atoms with Crippen LogP contribution in [0.5, 0.6) is 11.5 Å². The van der Waals surface area contributed by atoms with Crippen LogP contribution in [0, 0.1) is 0 Å². The van der Waals surface area contributed by atoms with E-state index in [1.54, 1.807) is 0 Å². The molecule has 2 rings (SSSR count). The second kappa shape index (κ2) is 8.39. The average molecular weight is 297 g/mol. The topological polar surface area (TPSA) is 50.7 Å². The van der Waals surface area contributed by atoms with Gasteiger partial charge < -0.3 is 19.9 Å². The number of aliphatic hydroxyl groups is 1. The predicted molar refractivity (Wildman–Crippen MR) is 82.9 cm³/mol. The van der Waals surface area contributed by atoms with Crippen molar-refractivity contribution in [2.24, 2.45) is 0 Å². The van der Waals surface area contributed by atoms with E-state index in [0.717, 1.165) is 30.0 Å². The van der Waals surface area contributed by atoms with Crippen molar-refractivity contribution in [1.29, 1.82) is 0 Å². The van der Waals surface area contributed by atoms with Crippen molar-refractivity contribution in [2.45, 2.75) is 18.9 Å². The van der Waals surface area contributed by atoms with Crippen molar-refractivity contribution in [2.75, 3.05) is 38.3 Å². The summed E-state index contributed by atoms with van der Waals surface area (Å²) in [6.45, 7) is 2.67. The minimum atomic E-state index is -0.508. The molecule has 0 saturated heterocycles. The molecule has 1 aliphatic heterocycles. The first kappa shape index (κ1) is 15.5. The fourth-order valence-corrected chi connectivity index (χ4v) is 2.61. The predicted octanol–water partition coefficient (Wildman–Crippen LogP) is 2.22. The molecule has 1 aromatic rings. The number of unbranched alkanes of at least 4 members (excludes halogenated alkanes) is 1. The zero-order chi connectivity index (χ0) is 14.2. The molecule has 20 heavy (non-hydrogen) atoms. The summed E-state index contributed by atoms with van der Waals surface area (Å²) in [7, 11) is 0. The van der Waals surface area contributed by atoms with Crippen LogP contribution in [0.3, 0.4) is 0 Å². The maximum absolute atomic E-state index is 10.2. The maximum Gasteiger partial charge on any atom is 0.161 e. The molecule has 0 radical (unpaired) electrons. The van der Waals surface area contributed by atoms with E-state index in [0.29, 0.717) is 19.8 Å². The Labute approximate surface area is 124 Å². The number of hydrogen-bond donors (Lipinski definition) is 2. The zero-order valence-electron chi connectivity index (χ0n) is 11.9. The minimum absolute atomic E-state index is 0.508. The molecule has 0 aromatic heterocycles. The number of hydrogen-bond acceptors (Lipinski definition) is 5. The fourth-order valence-electron chi connectivity index (χ4n) is 2.12. The second-order valence-corrected chi connectivity index (χ2v) is 5.81. The van der Waals surface area contributed by atoms with Gasteiger partial charge in [-0.15, -0.1) is 0 Å². The van der Waals surface area contributed by atoms with E-state index in [-0.39, 0.29) is 0 Å². The quantitative estimate of drug-likeness (QED) is 0.721. The molecule has 1 aliphatic rings. The van der Waals surface area contributed by atoms with Crippen molar-refractivity contribution in [3.05, 3.63) is 23.8 Å². The fraction of sp³-hybridized carbons (Fsp3) is 0.600. The van der Waals surface area contributed by atoms with Crippen molar-refractivity contribution < 1.29 is 14.6 Å². The van der Waals surface area contributed by atoms with Crippen molar-refractivity contribution >= 4 is 11.8 Å². The number of benzene rings is 1. The van der Waals surface area contributed by atoms with Crippen molar-refractivity contribution in [1.82, 2.24) is 5.32 Å². The number of aliphatic hydroxyl groups excluding tert-OH is 1. The van der Waals surface area contributed by atoms with Crippen LogP contribution in [0.25, 0.3) is 0 Å². The molecule has 1 unspecified atom stereocenters. The molecular weight excluding hydrogens is 274 g/mol. The van der Waals surface area contributed by atoms with Gasteiger partial charge in [0.1, 0.15) is 13.2 Å². The van der Waals surface area contributed by atoms with E-state index in [9.17, 15) is 5.11 Å². The Balaban J connectivity index is 1.76. The average Bonchev–Trinajstić information content (AvgIpc) is 2.50. The van der Waals surface area contributed by atoms with Crippen LogP contribution in [0.2, 0.25) is 0 Å². The normalized spacial score (nSPS) is 15.1. The Morgan fingerprint density at radius 1 is 1.25 bits per heavy atom. The standard InChI is InChI=1S/C15H23NO3S/c1-20-9-3-2-6-16-11-13(17)12-4-5-14-15(10-12)19-8-7-18-14/h4-5,10,13,16-17H,2-3,6-9,11H2,1H3. The van der Waals surface area contributed by atoms with E-state index in [1.165, 1.54) is 12.2 Å². The summed E-state index contributed by atoms with van der Waals surface area (Å²) in [4.78, 5) is 0. The van der Waals surface area contributed by atoms with Crippen LogP contribution in [0.1, 0.15) is 24.5 Å². The molecule has 0 bridgehead atoms. The number of rotatable bonds is 8. The lowest BCUT2D eigenvalue weighted by atomic mass is 10.1. The molecule has 0 spiro atoms. The van der Waals surface area contributed by atoms with E-state index < -0.39 is 6.10 Å². The smallest absolute Gasteiger partial charge is 0.161 e. The van der Waals surface area contributed by atoms with Crippen LogP contribution in [0.15, 0.2) is 18.2 Å². The Bertz CT molecular complexity index is 414. The third-order valence-corrected chi connectivity index (χ3v) is 3.94. The zero-order valence-corrected chi connectivity index (χ0v) is 12.7. The van der Waals surface area contributed by atoms with Gasteiger partial charge >= 0.3 is 0 Å². The lowest BCUT2D eigenvalue weighted by Crippen LogP contribution is -2.23. The number of fused-ring (bicyclic) bond motifs is 1. The van der Waals surface area contributed by atoms with E-state index in [4.69, 9.17) is 9.47 Å². The summed E-state index contributed by atoms with van der Waals surface area (Å²) in [5.74, 6) is 2.69. The largest absolute Gasteiger partial charge is 0.486 e. The third-order valence-electron chi connectivity index (χ3n) is 3.24. The van der Waals surface area contributed by atoms with Gasteiger partial charge in [0.05, 0.1) is 6.10 Å². The Hall–Kier alpha value is -0.910. The van der Waals surface area contributed by atoms with Gasteiger partial charge in [0.15, 0.2) is 11.5 Å². The molecule has 1 aromatic carbocycles. The van der Waals surface area contributed by atoms with Crippen LogP contribution < -0.4 is 14.8 Å². The van der Waals surface area contributed by atoms with Gasteiger partial charge in [-0.1, -0.05) is 6.07 Å². The molecule has 0 fully saturated rings. The first-order valence-electron chi connectivity index (χ1n) is 7.08. The molecule has 5 heteroatoms. The highest BCUT2D eigenvalue weighted by Crippen LogP contribution is 2.32. The molecule has 0 aliphatic carbocycles. The van der Waals surface area contributed by atoms with Crippen molar-refractivity contribution in [3.8, 4) is 11.5 Å². The van der Waals surface area contributed by atoms with Gasteiger partial charge in [-0.25, -0.2) is 0 Å². The summed E-state index contributed by atoms with van der Waals surface area (Å²) >= 11 is 1.87. The summed E-state index contributed by atoms with van der Waals surface area (Å²) in [5, 5.41) is 13.5. The molecule has 0 amide bonds. The highest BCUT2D eigenvalue weighted by Gasteiger charge is 2.15. The molecule has 4 nitrogen and oxygen atoms in total. The monoisotopic (exact) mass is 297 g/mol. The SMILES string of the molecule is CSCCCCNCC(O)c1ccc2c(c1)OCCO2. The Morgan fingerprint density at radius 3 is 2.85 bits per heavy atom. The summed E-state index contributed by atoms with van der Waals surface area (Å²) in [5.41, 5.74) is 0.867. The molecule has 1 atom stereocenters. The van der Waals surface area contributed by atoms with Gasteiger partial charge in [0, 0.05) is 6.54 Å². The third kappa shape index (κ3) is 4.58. The minimum Gasteiger partial charge on any atom is -0.486 e. The summed E-state index contributed by atoms with van der Waals surface area (Å²) in [6, 6.07) is 5.63.